The lowest BCUT2D eigenvalue weighted by Gasteiger charge is -2.43. The van der Waals surface area contributed by atoms with E-state index in [0.717, 1.165) is 18.4 Å². The zero-order valence-electron chi connectivity index (χ0n) is 19.8. The first-order valence-electron chi connectivity index (χ1n) is 12.3. The molecule has 3 aromatic rings. The van der Waals surface area contributed by atoms with Gasteiger partial charge in [0.2, 0.25) is 0 Å². The fourth-order valence-electron chi connectivity index (χ4n) is 5.54. The number of likely N-dealkylation sites (tertiary alicyclic amines) is 1. The van der Waals surface area contributed by atoms with Crippen molar-refractivity contribution >= 4 is 16.9 Å². The van der Waals surface area contributed by atoms with Crippen LogP contribution >= 0.6 is 0 Å². The SMILES string of the molecule is C#CCn1ccc2c(=O)n(CC3CCN(C(=O)[C@@]4(O)CCNC[C@H]4c4ccccc4)CC3)cnc21. The number of aliphatic hydroxyl groups is 1. The van der Waals surface area contributed by atoms with Crippen molar-refractivity contribution in [3.63, 3.8) is 0 Å². The summed E-state index contributed by atoms with van der Waals surface area (Å²) >= 11 is 0. The molecule has 2 fully saturated rings. The van der Waals surface area contributed by atoms with E-state index in [0.29, 0.717) is 56.7 Å². The molecular weight excluding hydrogens is 442 g/mol. The van der Waals surface area contributed by atoms with Gasteiger partial charge in [0.1, 0.15) is 5.65 Å². The topological polar surface area (TPSA) is 92.4 Å². The van der Waals surface area contributed by atoms with Crippen LogP contribution in [-0.4, -0.2) is 61.8 Å². The second kappa shape index (κ2) is 9.68. The summed E-state index contributed by atoms with van der Waals surface area (Å²) in [7, 11) is 0. The molecule has 0 radical (unpaired) electrons. The van der Waals surface area contributed by atoms with Gasteiger partial charge in [0.05, 0.1) is 18.3 Å². The van der Waals surface area contributed by atoms with Gasteiger partial charge < -0.3 is 19.9 Å². The fourth-order valence-corrected chi connectivity index (χ4v) is 5.54. The van der Waals surface area contributed by atoms with Crippen molar-refractivity contribution in [1.82, 2.24) is 24.3 Å². The molecule has 35 heavy (non-hydrogen) atoms. The Labute approximate surface area is 204 Å². The number of amides is 1. The van der Waals surface area contributed by atoms with Gasteiger partial charge in [-0.3, -0.25) is 14.2 Å². The summed E-state index contributed by atoms with van der Waals surface area (Å²) in [6.07, 6.45) is 10.7. The van der Waals surface area contributed by atoms with E-state index >= 15 is 0 Å². The summed E-state index contributed by atoms with van der Waals surface area (Å²) in [5.41, 5.74) is 0.104. The second-order valence-corrected chi connectivity index (χ2v) is 9.66. The average molecular weight is 474 g/mol. The highest BCUT2D eigenvalue weighted by atomic mass is 16.3. The van der Waals surface area contributed by atoms with Gasteiger partial charge in [-0.25, -0.2) is 4.98 Å². The van der Waals surface area contributed by atoms with E-state index in [2.05, 4.69) is 16.2 Å². The average Bonchev–Trinajstić information content (AvgIpc) is 3.30. The standard InChI is InChI=1S/C27H31N5O3/c1-2-13-30-16-10-22-24(30)29-19-32(25(22)33)18-20-8-14-31(15-9-20)26(34)27(35)11-12-28-17-23(27)21-6-4-3-5-7-21/h1,3-7,10,16,19-20,23,28,35H,8-9,11-15,17-18H2/t23-,27+/m0/s1. The molecular formula is C27H31N5O3. The summed E-state index contributed by atoms with van der Waals surface area (Å²) in [5, 5.41) is 15.5. The molecule has 2 atom stereocenters. The minimum atomic E-state index is -1.41. The Kier molecular flexibility index (Phi) is 6.46. The van der Waals surface area contributed by atoms with Crippen LogP contribution in [0.1, 0.15) is 30.7 Å². The molecule has 182 valence electrons. The maximum absolute atomic E-state index is 13.5. The smallest absolute Gasteiger partial charge is 0.262 e. The number of benzene rings is 1. The van der Waals surface area contributed by atoms with Crippen LogP contribution in [-0.2, 0) is 17.9 Å². The van der Waals surface area contributed by atoms with Crippen LogP contribution in [0.15, 0.2) is 53.7 Å². The van der Waals surface area contributed by atoms with Crippen molar-refractivity contribution in [1.29, 1.82) is 0 Å². The van der Waals surface area contributed by atoms with Crippen molar-refractivity contribution in [2.24, 2.45) is 5.92 Å². The number of nitrogens with zero attached hydrogens (tertiary/aromatic N) is 4. The number of piperidine rings is 2. The molecule has 2 aromatic heterocycles. The van der Waals surface area contributed by atoms with Gasteiger partial charge in [0.15, 0.2) is 5.60 Å². The van der Waals surface area contributed by atoms with Gasteiger partial charge in [-0.1, -0.05) is 36.3 Å². The maximum Gasteiger partial charge on any atom is 0.262 e. The van der Waals surface area contributed by atoms with Gasteiger partial charge in [-0.2, -0.15) is 0 Å². The number of carbonyl (C=O) groups excluding carboxylic acids is 1. The predicted octanol–water partition coefficient (Wildman–Crippen LogP) is 1.58. The number of hydrogen-bond donors (Lipinski definition) is 2. The first-order chi connectivity index (χ1) is 17.0. The largest absolute Gasteiger partial charge is 0.379 e. The van der Waals surface area contributed by atoms with Crippen LogP contribution in [0, 0.1) is 18.3 Å². The van der Waals surface area contributed by atoms with Crippen molar-refractivity contribution in [3.8, 4) is 12.3 Å². The molecule has 0 unspecified atom stereocenters. The fraction of sp³-hybridized carbons (Fsp3) is 0.444. The predicted molar refractivity (Wildman–Crippen MR) is 134 cm³/mol. The lowest BCUT2D eigenvalue weighted by molar-refractivity contribution is -0.158. The molecule has 1 amide bonds. The summed E-state index contributed by atoms with van der Waals surface area (Å²) in [5.74, 6) is 2.38. The Morgan fingerprint density at radius 3 is 2.71 bits per heavy atom. The normalized spacial score (nSPS) is 23.3. The Morgan fingerprint density at radius 1 is 1.20 bits per heavy atom. The summed E-state index contributed by atoms with van der Waals surface area (Å²) in [6, 6.07) is 11.5. The first kappa shape index (κ1) is 23.3. The molecule has 4 heterocycles. The van der Waals surface area contributed by atoms with Crippen LogP contribution in [0.2, 0.25) is 0 Å². The zero-order valence-corrected chi connectivity index (χ0v) is 19.8. The third-order valence-electron chi connectivity index (χ3n) is 7.54. The van der Waals surface area contributed by atoms with E-state index in [4.69, 9.17) is 6.42 Å². The van der Waals surface area contributed by atoms with Gasteiger partial charge in [-0.15, -0.1) is 6.42 Å². The van der Waals surface area contributed by atoms with Crippen LogP contribution in [0.4, 0.5) is 0 Å². The summed E-state index contributed by atoms with van der Waals surface area (Å²) < 4.78 is 3.45. The molecule has 0 aliphatic carbocycles. The number of hydrogen-bond acceptors (Lipinski definition) is 5. The Morgan fingerprint density at radius 2 is 1.97 bits per heavy atom. The quantitative estimate of drug-likeness (QED) is 0.549. The highest BCUT2D eigenvalue weighted by molar-refractivity contribution is 5.86. The number of terminal acetylenes is 1. The van der Waals surface area contributed by atoms with Gasteiger partial charge >= 0.3 is 0 Å². The monoisotopic (exact) mass is 473 g/mol. The van der Waals surface area contributed by atoms with Gasteiger partial charge in [0, 0.05) is 38.3 Å². The Balaban J connectivity index is 1.26. The molecule has 8 heteroatoms. The third kappa shape index (κ3) is 4.38. The molecule has 2 aliphatic heterocycles. The number of carbonyl (C=O) groups is 1. The Bertz CT molecular complexity index is 1300. The number of aromatic nitrogens is 3. The molecule has 0 saturated carbocycles. The molecule has 2 aliphatic rings. The van der Waals surface area contributed by atoms with E-state index in [1.807, 2.05) is 35.2 Å². The molecule has 1 aromatic carbocycles. The lowest BCUT2D eigenvalue weighted by Crippen LogP contribution is -2.59. The zero-order chi connectivity index (χ0) is 24.4. The van der Waals surface area contributed by atoms with E-state index < -0.39 is 5.60 Å². The van der Waals surface area contributed by atoms with E-state index in [-0.39, 0.29) is 23.3 Å². The molecule has 5 rings (SSSR count). The second-order valence-electron chi connectivity index (χ2n) is 9.66. The van der Waals surface area contributed by atoms with E-state index in [1.165, 1.54) is 0 Å². The highest BCUT2D eigenvalue weighted by Gasteiger charge is 2.48. The molecule has 8 nitrogen and oxygen atoms in total. The summed E-state index contributed by atoms with van der Waals surface area (Å²) in [4.78, 5) is 32.8. The summed E-state index contributed by atoms with van der Waals surface area (Å²) in [6.45, 7) is 3.27. The van der Waals surface area contributed by atoms with Crippen LogP contribution in [0.3, 0.4) is 0 Å². The van der Waals surface area contributed by atoms with Gasteiger partial charge in [-0.05, 0) is 43.4 Å². The Hall–Kier alpha value is -3.41. The minimum Gasteiger partial charge on any atom is -0.379 e. The van der Waals surface area contributed by atoms with E-state index in [9.17, 15) is 14.7 Å². The van der Waals surface area contributed by atoms with Crippen LogP contribution in [0.25, 0.3) is 11.0 Å². The number of rotatable bonds is 5. The first-order valence-corrected chi connectivity index (χ1v) is 12.3. The van der Waals surface area contributed by atoms with Gasteiger partial charge in [0.25, 0.3) is 11.5 Å². The molecule has 2 saturated heterocycles. The van der Waals surface area contributed by atoms with Crippen LogP contribution < -0.4 is 10.9 Å². The van der Waals surface area contributed by atoms with Crippen molar-refractivity contribution in [2.45, 2.75) is 43.9 Å². The molecule has 2 N–H and O–H groups in total. The van der Waals surface area contributed by atoms with Crippen LogP contribution in [0.5, 0.6) is 0 Å². The number of nitrogens with one attached hydrogen (secondary N) is 1. The van der Waals surface area contributed by atoms with Crippen molar-refractivity contribution < 1.29 is 9.90 Å². The highest BCUT2D eigenvalue weighted by Crippen LogP contribution is 2.36. The number of fused-ring (bicyclic) bond motifs is 1. The molecule has 0 bridgehead atoms. The van der Waals surface area contributed by atoms with Crippen molar-refractivity contribution in [3.05, 3.63) is 64.8 Å². The van der Waals surface area contributed by atoms with E-state index in [1.54, 1.807) is 27.7 Å². The van der Waals surface area contributed by atoms with Crippen molar-refractivity contribution in [2.75, 3.05) is 26.2 Å². The maximum atomic E-state index is 13.5. The third-order valence-corrected chi connectivity index (χ3v) is 7.54. The molecule has 0 spiro atoms. The minimum absolute atomic E-state index is 0.0704. The lowest BCUT2D eigenvalue weighted by atomic mass is 9.76.